The highest BCUT2D eigenvalue weighted by Crippen LogP contribution is 2.22. The number of carbonyl (C=O) groups excluding carboxylic acids is 1. The van der Waals surface area contributed by atoms with E-state index in [2.05, 4.69) is 37.8 Å². The molecule has 1 saturated heterocycles. The molecule has 0 unspecified atom stereocenters. The number of hydrogen-bond donors (Lipinski definition) is 0. The van der Waals surface area contributed by atoms with Gasteiger partial charge >= 0.3 is 5.97 Å². The van der Waals surface area contributed by atoms with Gasteiger partial charge in [-0.15, -0.1) is 0 Å². The Morgan fingerprint density at radius 1 is 1.24 bits per heavy atom. The van der Waals surface area contributed by atoms with Crippen molar-refractivity contribution >= 4 is 27.7 Å². The zero-order valence-electron chi connectivity index (χ0n) is 13.0. The van der Waals surface area contributed by atoms with Crippen molar-refractivity contribution in [3.8, 4) is 0 Å². The third-order valence-electron chi connectivity index (χ3n) is 3.24. The predicted octanol–water partition coefficient (Wildman–Crippen LogP) is 2.55. The molecule has 1 aliphatic rings. The maximum Gasteiger partial charge on any atom is 0.338 e. The van der Waals surface area contributed by atoms with Crippen LogP contribution in [0.15, 0.2) is 16.7 Å². The summed E-state index contributed by atoms with van der Waals surface area (Å²) in [6, 6.07) is 3.51. The molecular weight excluding hydrogens is 334 g/mol. The number of ether oxygens (including phenoxy) is 1. The van der Waals surface area contributed by atoms with Crippen LogP contribution >= 0.6 is 15.9 Å². The summed E-state index contributed by atoms with van der Waals surface area (Å²) in [5.74, 6) is 0.499. The van der Waals surface area contributed by atoms with Crippen molar-refractivity contribution in [2.24, 2.45) is 0 Å². The molecule has 0 spiro atoms. The van der Waals surface area contributed by atoms with Gasteiger partial charge in [-0.05, 0) is 55.9 Å². The van der Waals surface area contributed by atoms with Crippen molar-refractivity contribution in [2.75, 3.05) is 38.1 Å². The first-order valence-corrected chi connectivity index (χ1v) is 7.88. The van der Waals surface area contributed by atoms with Gasteiger partial charge in [0.05, 0.1) is 5.56 Å². The van der Waals surface area contributed by atoms with Crippen LogP contribution in [0.4, 0.5) is 5.82 Å². The molecule has 0 radical (unpaired) electrons. The second-order valence-electron chi connectivity index (χ2n) is 6.33. The molecule has 0 amide bonds. The molecule has 1 aromatic heterocycles. The highest BCUT2D eigenvalue weighted by Gasteiger charge is 2.21. The van der Waals surface area contributed by atoms with E-state index in [1.807, 2.05) is 26.8 Å². The Hall–Kier alpha value is -1.14. The number of halogens is 1. The van der Waals surface area contributed by atoms with Crippen LogP contribution in [0, 0.1) is 0 Å². The minimum Gasteiger partial charge on any atom is -0.456 e. The summed E-state index contributed by atoms with van der Waals surface area (Å²) < 4.78 is 6.08. The average Bonchev–Trinajstić information content (AvgIpc) is 2.36. The van der Waals surface area contributed by atoms with E-state index in [0.717, 1.165) is 32.0 Å². The number of hydrogen-bond acceptors (Lipinski definition) is 5. The van der Waals surface area contributed by atoms with E-state index in [1.54, 1.807) is 6.07 Å². The van der Waals surface area contributed by atoms with Crippen molar-refractivity contribution in [3.05, 3.63) is 22.3 Å². The number of rotatable bonds is 2. The molecule has 1 aromatic rings. The molecule has 0 saturated carbocycles. The Morgan fingerprint density at radius 3 is 2.43 bits per heavy atom. The Labute approximate surface area is 134 Å². The molecule has 2 rings (SSSR count). The first-order valence-electron chi connectivity index (χ1n) is 7.09. The molecule has 1 aliphatic heterocycles. The zero-order valence-corrected chi connectivity index (χ0v) is 14.6. The summed E-state index contributed by atoms with van der Waals surface area (Å²) in [6.45, 7) is 9.40. The number of esters is 1. The maximum atomic E-state index is 12.2. The number of aromatic nitrogens is 1. The van der Waals surface area contributed by atoms with Crippen molar-refractivity contribution in [1.82, 2.24) is 9.88 Å². The predicted molar refractivity (Wildman–Crippen MR) is 86.8 cm³/mol. The van der Waals surface area contributed by atoms with Gasteiger partial charge in [-0.3, -0.25) is 0 Å². The summed E-state index contributed by atoms with van der Waals surface area (Å²) in [6.07, 6.45) is 0. The van der Waals surface area contributed by atoms with Crippen molar-refractivity contribution < 1.29 is 9.53 Å². The first-order chi connectivity index (χ1) is 9.74. The molecule has 0 atom stereocenters. The van der Waals surface area contributed by atoms with Crippen LogP contribution in [0.2, 0.25) is 0 Å². The molecule has 0 bridgehead atoms. The summed E-state index contributed by atoms with van der Waals surface area (Å²) >= 11 is 3.38. The third kappa shape index (κ3) is 4.68. The normalized spacial score (nSPS) is 16.9. The van der Waals surface area contributed by atoms with Gasteiger partial charge < -0.3 is 14.5 Å². The topological polar surface area (TPSA) is 45.7 Å². The molecular formula is C15H22BrN3O2. The highest BCUT2D eigenvalue weighted by atomic mass is 79.9. The average molecular weight is 356 g/mol. The van der Waals surface area contributed by atoms with Gasteiger partial charge in [0.15, 0.2) is 0 Å². The summed E-state index contributed by atoms with van der Waals surface area (Å²) in [4.78, 5) is 21.2. The lowest BCUT2D eigenvalue weighted by Gasteiger charge is -2.33. The van der Waals surface area contributed by atoms with Gasteiger partial charge in [0.1, 0.15) is 16.0 Å². The Bertz CT molecular complexity index is 520. The fourth-order valence-corrected chi connectivity index (χ4v) is 2.56. The number of pyridine rings is 1. The molecule has 2 heterocycles. The van der Waals surface area contributed by atoms with E-state index in [4.69, 9.17) is 4.74 Å². The van der Waals surface area contributed by atoms with Crippen molar-refractivity contribution in [2.45, 2.75) is 26.4 Å². The van der Waals surface area contributed by atoms with E-state index in [-0.39, 0.29) is 5.97 Å². The molecule has 1 fully saturated rings. The van der Waals surface area contributed by atoms with E-state index < -0.39 is 5.60 Å². The van der Waals surface area contributed by atoms with E-state index >= 15 is 0 Å². The largest absolute Gasteiger partial charge is 0.456 e. The van der Waals surface area contributed by atoms with Gasteiger partial charge in [-0.2, -0.15) is 0 Å². The molecule has 0 aromatic carbocycles. The molecule has 0 aliphatic carbocycles. The lowest BCUT2D eigenvalue weighted by molar-refractivity contribution is 0.00693. The van der Waals surface area contributed by atoms with E-state index in [0.29, 0.717) is 10.2 Å². The SMILES string of the molecule is CN1CCN(c2cc(C(=O)OC(C)(C)C)cc(Br)n2)CC1. The van der Waals surface area contributed by atoms with E-state index in [9.17, 15) is 4.79 Å². The van der Waals surface area contributed by atoms with Crippen molar-refractivity contribution in [1.29, 1.82) is 0 Å². The smallest absolute Gasteiger partial charge is 0.338 e. The highest BCUT2D eigenvalue weighted by molar-refractivity contribution is 9.10. The lowest BCUT2D eigenvalue weighted by Crippen LogP contribution is -2.44. The molecule has 6 heteroatoms. The van der Waals surface area contributed by atoms with Gasteiger partial charge in [0, 0.05) is 26.2 Å². The minimum atomic E-state index is -0.499. The Balaban J connectivity index is 2.19. The van der Waals surface area contributed by atoms with Crippen LogP contribution in [-0.2, 0) is 4.74 Å². The minimum absolute atomic E-state index is 0.319. The number of carbonyl (C=O) groups is 1. The summed E-state index contributed by atoms with van der Waals surface area (Å²) in [5.41, 5.74) is 0.0293. The zero-order chi connectivity index (χ0) is 15.6. The van der Waals surface area contributed by atoms with Crippen LogP contribution in [0.1, 0.15) is 31.1 Å². The standard InChI is InChI=1S/C15H22BrN3O2/c1-15(2,3)21-14(20)11-9-12(16)17-13(10-11)19-7-5-18(4)6-8-19/h9-10H,5-8H2,1-4H3. The van der Waals surface area contributed by atoms with Crippen LogP contribution in [0.25, 0.3) is 0 Å². The van der Waals surface area contributed by atoms with Crippen LogP contribution in [0.5, 0.6) is 0 Å². The Kier molecular flexibility index (Phi) is 4.88. The van der Waals surface area contributed by atoms with Crippen LogP contribution in [0.3, 0.4) is 0 Å². The van der Waals surface area contributed by atoms with Crippen LogP contribution < -0.4 is 4.90 Å². The summed E-state index contributed by atoms with van der Waals surface area (Å²) in [5, 5.41) is 0. The molecule has 21 heavy (non-hydrogen) atoms. The molecule has 5 nitrogen and oxygen atoms in total. The lowest BCUT2D eigenvalue weighted by atomic mass is 10.2. The van der Waals surface area contributed by atoms with Gasteiger partial charge in [0.2, 0.25) is 0 Å². The fraction of sp³-hybridized carbons (Fsp3) is 0.600. The fourth-order valence-electron chi connectivity index (χ4n) is 2.14. The first kappa shape index (κ1) is 16.2. The van der Waals surface area contributed by atoms with Crippen LogP contribution in [-0.4, -0.2) is 54.7 Å². The number of piperazine rings is 1. The monoisotopic (exact) mass is 355 g/mol. The molecule has 0 N–H and O–H groups in total. The number of nitrogens with zero attached hydrogens (tertiary/aromatic N) is 3. The van der Waals surface area contributed by atoms with Gasteiger partial charge in [0.25, 0.3) is 0 Å². The van der Waals surface area contributed by atoms with E-state index in [1.165, 1.54) is 0 Å². The second kappa shape index (κ2) is 6.32. The van der Waals surface area contributed by atoms with Gasteiger partial charge in [-0.1, -0.05) is 0 Å². The number of anilines is 1. The molecule has 116 valence electrons. The third-order valence-corrected chi connectivity index (χ3v) is 3.65. The maximum absolute atomic E-state index is 12.2. The number of likely N-dealkylation sites (N-methyl/N-ethyl adjacent to an activating group) is 1. The van der Waals surface area contributed by atoms with Gasteiger partial charge in [-0.25, -0.2) is 9.78 Å². The quantitative estimate of drug-likeness (QED) is 0.602. The summed E-state index contributed by atoms with van der Waals surface area (Å²) in [7, 11) is 2.11. The van der Waals surface area contributed by atoms with Crippen molar-refractivity contribution in [3.63, 3.8) is 0 Å². The second-order valence-corrected chi connectivity index (χ2v) is 7.14. The Morgan fingerprint density at radius 2 is 1.86 bits per heavy atom.